The maximum atomic E-state index is 3.29. The van der Waals surface area contributed by atoms with Crippen molar-refractivity contribution in [2.75, 3.05) is 0 Å². The molecule has 0 bridgehead atoms. The first-order valence-corrected chi connectivity index (χ1v) is 8.17. The molecule has 0 amide bonds. The normalized spacial score (nSPS) is 17.2. The smallest absolute Gasteiger partial charge is 1.00 e. The van der Waals surface area contributed by atoms with E-state index in [2.05, 4.69) is 58.2 Å². The van der Waals surface area contributed by atoms with Crippen molar-refractivity contribution in [3.8, 4) is 0 Å². The molecule has 0 heterocycles. The Bertz CT molecular complexity index is 279. The van der Waals surface area contributed by atoms with Crippen LogP contribution in [-0.2, 0) is 26.2 Å². The second kappa shape index (κ2) is 18.6. The first kappa shape index (κ1) is 27.9. The Labute approximate surface area is 153 Å². The monoisotopic (exact) mass is 391 g/mol. The van der Waals surface area contributed by atoms with E-state index in [-0.39, 0.29) is 51.0 Å². The minimum Gasteiger partial charge on any atom is -1.00 e. The molecule has 0 aromatic carbocycles. The molecule has 0 fully saturated rings. The van der Waals surface area contributed by atoms with Gasteiger partial charge in [0.05, 0.1) is 0 Å². The first-order chi connectivity index (χ1) is 7.61. The standard InChI is InChI=1S/C8H11.C5H5.C2H7Si.2ClH.Zr/c1-6-4-7(2)8(3)5-6;1-2-4-5-3-1;1-3-2;;;/h4,6H,1-3H3;1-3H,4H2;3H,1-2H3;2*1H;/q2*-1;;;;+4/p-2. The van der Waals surface area contributed by atoms with Gasteiger partial charge in [0.1, 0.15) is 0 Å². The van der Waals surface area contributed by atoms with E-state index in [1.165, 1.54) is 11.1 Å². The van der Waals surface area contributed by atoms with E-state index in [9.17, 15) is 0 Å². The summed E-state index contributed by atoms with van der Waals surface area (Å²) >= 11 is 0. The van der Waals surface area contributed by atoms with Crippen molar-refractivity contribution in [1.82, 2.24) is 0 Å². The van der Waals surface area contributed by atoms with Crippen LogP contribution in [0.15, 0.2) is 35.5 Å². The summed E-state index contributed by atoms with van der Waals surface area (Å²) in [7, 11) is 0.750. The third kappa shape index (κ3) is 16.6. The van der Waals surface area contributed by atoms with E-state index in [4.69, 9.17) is 0 Å². The second-order valence-electron chi connectivity index (χ2n) is 3.99. The summed E-state index contributed by atoms with van der Waals surface area (Å²) in [4.78, 5) is 0. The van der Waals surface area contributed by atoms with Gasteiger partial charge in [-0.2, -0.15) is 12.2 Å². The van der Waals surface area contributed by atoms with Gasteiger partial charge in [-0.1, -0.05) is 32.9 Å². The van der Waals surface area contributed by atoms with Gasteiger partial charge in [-0.15, -0.1) is 13.3 Å². The molecule has 1 radical (unpaired) electrons. The summed E-state index contributed by atoms with van der Waals surface area (Å²) in [6, 6.07) is 0. The second-order valence-corrected chi connectivity index (χ2v) is 5.14. The third-order valence-corrected chi connectivity index (χ3v) is 2.12. The van der Waals surface area contributed by atoms with Crippen molar-refractivity contribution in [3.63, 3.8) is 0 Å². The molecule has 2 rings (SSSR count). The van der Waals surface area contributed by atoms with Crippen LogP contribution in [0.2, 0.25) is 13.1 Å². The molecule has 0 N–H and O–H groups in total. The van der Waals surface area contributed by atoms with E-state index in [0.717, 1.165) is 15.9 Å². The first-order valence-electron chi connectivity index (χ1n) is 5.86. The molecule has 19 heavy (non-hydrogen) atoms. The van der Waals surface area contributed by atoms with Crippen molar-refractivity contribution in [3.05, 3.63) is 47.6 Å². The third-order valence-electron chi connectivity index (χ3n) is 2.12. The topological polar surface area (TPSA) is 0 Å². The Balaban J connectivity index is -0.0000000907. The van der Waals surface area contributed by atoms with E-state index in [0.29, 0.717) is 5.92 Å². The molecule has 2 aliphatic rings. The van der Waals surface area contributed by atoms with Crippen LogP contribution < -0.4 is 24.8 Å². The van der Waals surface area contributed by atoms with Crippen molar-refractivity contribution >= 4 is 9.52 Å². The molecule has 0 saturated carbocycles. The molecule has 4 heteroatoms. The molecule has 0 nitrogen and oxygen atoms in total. The van der Waals surface area contributed by atoms with Crippen LogP contribution in [0.4, 0.5) is 0 Å². The number of halogens is 2. The van der Waals surface area contributed by atoms with Crippen LogP contribution in [0.5, 0.6) is 0 Å². The summed E-state index contributed by atoms with van der Waals surface area (Å²) in [6.07, 6.45) is 15.5. The fourth-order valence-corrected chi connectivity index (χ4v) is 1.34. The maximum Gasteiger partial charge on any atom is 4.00 e. The Morgan fingerprint density at radius 1 is 1.21 bits per heavy atom. The molecule has 0 spiro atoms. The molecule has 1 unspecified atom stereocenters. The Morgan fingerprint density at radius 3 is 1.84 bits per heavy atom. The van der Waals surface area contributed by atoms with Gasteiger partial charge in [0.15, 0.2) is 0 Å². The number of hydrogen-bond donors (Lipinski definition) is 0. The van der Waals surface area contributed by atoms with Gasteiger partial charge in [0.2, 0.25) is 0 Å². The zero-order valence-corrected chi connectivity index (χ0v) is 17.6. The predicted molar refractivity (Wildman–Crippen MR) is 75.8 cm³/mol. The van der Waals surface area contributed by atoms with Gasteiger partial charge in [-0.3, -0.25) is 12.2 Å². The average molecular weight is 394 g/mol. The van der Waals surface area contributed by atoms with Crippen molar-refractivity contribution in [2.24, 2.45) is 5.92 Å². The molecule has 0 saturated heterocycles. The van der Waals surface area contributed by atoms with E-state index < -0.39 is 0 Å². The van der Waals surface area contributed by atoms with Gasteiger partial charge in [0.25, 0.3) is 0 Å². The zero-order chi connectivity index (χ0) is 12.4. The molecular weight excluding hydrogens is 370 g/mol. The summed E-state index contributed by atoms with van der Waals surface area (Å²) in [6.45, 7) is 10.8. The maximum absolute atomic E-state index is 3.29. The minimum absolute atomic E-state index is 0. The van der Waals surface area contributed by atoms with Crippen molar-refractivity contribution in [1.29, 1.82) is 0 Å². The fourth-order valence-electron chi connectivity index (χ4n) is 1.34. The van der Waals surface area contributed by atoms with Crippen molar-refractivity contribution < 1.29 is 51.0 Å². The van der Waals surface area contributed by atoms with E-state index in [1.807, 2.05) is 12.2 Å². The Hall–Kier alpha value is 0.640. The van der Waals surface area contributed by atoms with Crippen LogP contribution in [0.3, 0.4) is 0 Å². The summed E-state index contributed by atoms with van der Waals surface area (Å²) in [5, 5.41) is 0. The van der Waals surface area contributed by atoms with Crippen LogP contribution in [-0.4, -0.2) is 9.52 Å². The molecule has 0 aromatic rings. The number of hydrogen-bond acceptors (Lipinski definition) is 0. The van der Waals surface area contributed by atoms with Gasteiger partial charge >= 0.3 is 26.2 Å². The summed E-state index contributed by atoms with van der Waals surface area (Å²) in [5.41, 5.74) is 2.70. The molecule has 105 valence electrons. The van der Waals surface area contributed by atoms with Gasteiger partial charge in [-0.25, -0.2) is 23.3 Å². The number of rotatable bonds is 0. The van der Waals surface area contributed by atoms with Crippen LogP contribution in [0.1, 0.15) is 27.2 Å². The quantitative estimate of drug-likeness (QED) is 0.335. The summed E-state index contributed by atoms with van der Waals surface area (Å²) < 4.78 is 0. The van der Waals surface area contributed by atoms with Gasteiger partial charge in [0, 0.05) is 9.52 Å². The molecular formula is C15H23Cl2SiZr. The number of allylic oxidation sites excluding steroid dienone is 8. The van der Waals surface area contributed by atoms with Crippen LogP contribution in [0.25, 0.3) is 0 Å². The van der Waals surface area contributed by atoms with E-state index in [1.54, 1.807) is 0 Å². The fraction of sp³-hybridized carbons (Fsp3) is 0.467. The van der Waals surface area contributed by atoms with Crippen molar-refractivity contribution in [2.45, 2.75) is 40.3 Å². The van der Waals surface area contributed by atoms with Gasteiger partial charge in [-0.05, 0) is 0 Å². The summed E-state index contributed by atoms with van der Waals surface area (Å²) in [5.74, 6) is 0.551. The largest absolute Gasteiger partial charge is 4.00 e. The zero-order valence-electron chi connectivity index (χ0n) is 12.4. The molecule has 2 aliphatic carbocycles. The Kier molecular flexibility index (Phi) is 27.4. The van der Waals surface area contributed by atoms with Gasteiger partial charge < -0.3 is 24.8 Å². The predicted octanol–water partition coefficient (Wildman–Crippen LogP) is -1.84. The Morgan fingerprint density at radius 2 is 1.74 bits per heavy atom. The molecule has 1 atom stereocenters. The van der Waals surface area contributed by atoms with E-state index >= 15 is 0 Å². The van der Waals surface area contributed by atoms with Crippen LogP contribution >= 0.6 is 0 Å². The minimum atomic E-state index is 0. The molecule has 0 aliphatic heterocycles. The molecule has 0 aromatic heterocycles. The SMILES string of the molecule is CC1=[C-]C(C)C=C1C.C[SiH]C.[C-]1=CC=CC1.[Cl-].[Cl-].[Zr+4]. The average Bonchev–Trinajstić information content (AvgIpc) is 2.82. The van der Waals surface area contributed by atoms with Crippen LogP contribution in [0, 0.1) is 18.1 Å².